The van der Waals surface area contributed by atoms with E-state index in [1.807, 2.05) is 68.6 Å². The van der Waals surface area contributed by atoms with Gasteiger partial charge in [-0.1, -0.05) is 23.7 Å². The number of carbonyl (C=O) groups is 1. The Bertz CT molecular complexity index is 1180. The second-order valence-corrected chi connectivity index (χ2v) is 7.21. The Kier molecular flexibility index (Phi) is 6.28. The van der Waals surface area contributed by atoms with Crippen LogP contribution in [-0.2, 0) is 11.3 Å². The quantitative estimate of drug-likeness (QED) is 0.350. The molecule has 0 saturated heterocycles. The maximum Gasteiger partial charge on any atom is 0.251 e. The summed E-state index contributed by atoms with van der Waals surface area (Å²) in [5, 5.41) is 7.27. The number of methoxy groups -OCH3 is 1. The van der Waals surface area contributed by atoms with Crippen molar-refractivity contribution < 1.29 is 14.3 Å². The number of fused-ring (bicyclic) bond motifs is 1. The van der Waals surface area contributed by atoms with Gasteiger partial charge in [0.15, 0.2) is 5.65 Å². The molecule has 0 spiro atoms. The van der Waals surface area contributed by atoms with Crippen molar-refractivity contribution >= 4 is 24.9 Å². The highest BCUT2D eigenvalue weighted by Crippen LogP contribution is 2.26. The third kappa shape index (κ3) is 5.10. The van der Waals surface area contributed by atoms with E-state index in [1.54, 1.807) is 17.8 Å². The molecule has 0 bridgehead atoms. The van der Waals surface area contributed by atoms with Crippen molar-refractivity contribution in [2.75, 3.05) is 20.3 Å². The number of hydrogen-bond acceptors (Lipinski definition) is 5. The average molecular weight is 414 g/mol. The Labute approximate surface area is 181 Å². The first kappa shape index (κ1) is 20.6. The molecule has 31 heavy (non-hydrogen) atoms. The zero-order valence-electron chi connectivity index (χ0n) is 17.5. The second kappa shape index (κ2) is 9.44. The Balaban J connectivity index is 1.59. The summed E-state index contributed by atoms with van der Waals surface area (Å²) in [6.07, 6.45) is 3.59. The molecule has 1 N–H and O–H groups in total. The van der Waals surface area contributed by atoms with Crippen LogP contribution in [-0.4, -0.2) is 48.7 Å². The highest BCUT2D eigenvalue weighted by Gasteiger charge is 2.11. The maximum absolute atomic E-state index is 12.6. The van der Waals surface area contributed by atoms with Gasteiger partial charge in [0.1, 0.15) is 20.2 Å². The van der Waals surface area contributed by atoms with Crippen molar-refractivity contribution in [2.45, 2.75) is 6.54 Å². The number of imidazole rings is 1. The number of nitrogens with one attached hydrogen (secondary N) is 1. The molecule has 0 aliphatic carbocycles. The van der Waals surface area contributed by atoms with Crippen molar-refractivity contribution in [3.8, 4) is 17.0 Å². The van der Waals surface area contributed by atoms with Gasteiger partial charge in [-0.25, -0.2) is 9.50 Å². The predicted octanol–water partition coefficient (Wildman–Crippen LogP) is 1.61. The van der Waals surface area contributed by atoms with Gasteiger partial charge < -0.3 is 14.8 Å². The lowest BCUT2D eigenvalue weighted by Crippen LogP contribution is -2.24. The van der Waals surface area contributed by atoms with E-state index in [-0.39, 0.29) is 5.91 Å². The minimum Gasteiger partial charge on any atom is -0.491 e. The van der Waals surface area contributed by atoms with Crippen LogP contribution < -0.4 is 15.5 Å². The van der Waals surface area contributed by atoms with E-state index in [0.717, 1.165) is 27.9 Å². The topological polar surface area (TPSA) is 77.8 Å². The third-order valence-electron chi connectivity index (χ3n) is 4.79. The maximum atomic E-state index is 12.6. The fraction of sp³-hybridized carbons (Fsp3) is 0.174. The standard InChI is InChI=1S/C23H23BN4O3/c1-30-8-9-31-20-11-16(14-25-23(29)17-4-2-5-19(24)12-17)10-18(13-20)21-15-28-22(27-21)6-3-7-26-28/h2-7,10-13,15H,8-9,14,24H2,1H3,(H,25,29). The van der Waals surface area contributed by atoms with Crippen LogP contribution in [0.3, 0.4) is 0 Å². The summed E-state index contributed by atoms with van der Waals surface area (Å²) in [5.41, 5.74) is 5.03. The first-order valence-electron chi connectivity index (χ1n) is 10.0. The normalized spacial score (nSPS) is 10.9. The lowest BCUT2D eigenvalue weighted by molar-refractivity contribution is 0.0951. The first-order valence-corrected chi connectivity index (χ1v) is 10.0. The molecule has 4 rings (SSSR count). The van der Waals surface area contributed by atoms with Gasteiger partial charge in [-0.05, 0) is 42.0 Å². The summed E-state index contributed by atoms with van der Waals surface area (Å²) < 4.78 is 12.7. The van der Waals surface area contributed by atoms with Crippen LogP contribution in [0.25, 0.3) is 16.9 Å². The molecule has 8 heteroatoms. The Morgan fingerprint density at radius 1 is 1.13 bits per heavy atom. The number of hydrogen-bond donors (Lipinski definition) is 1. The van der Waals surface area contributed by atoms with Gasteiger partial charge in [-0.3, -0.25) is 4.79 Å². The summed E-state index contributed by atoms with van der Waals surface area (Å²) >= 11 is 0. The highest BCUT2D eigenvalue weighted by molar-refractivity contribution is 6.32. The predicted molar refractivity (Wildman–Crippen MR) is 122 cm³/mol. The molecule has 0 radical (unpaired) electrons. The van der Waals surface area contributed by atoms with E-state index in [2.05, 4.69) is 15.4 Å². The van der Waals surface area contributed by atoms with Crippen molar-refractivity contribution in [1.82, 2.24) is 19.9 Å². The van der Waals surface area contributed by atoms with Crippen LogP contribution in [0, 0.1) is 0 Å². The van der Waals surface area contributed by atoms with Crippen LogP contribution in [0.5, 0.6) is 5.75 Å². The van der Waals surface area contributed by atoms with Gasteiger partial charge in [0.05, 0.1) is 18.5 Å². The van der Waals surface area contributed by atoms with Crippen LogP contribution in [0.1, 0.15) is 15.9 Å². The molecular formula is C23H23BN4O3. The fourth-order valence-corrected chi connectivity index (χ4v) is 3.28. The summed E-state index contributed by atoms with van der Waals surface area (Å²) in [7, 11) is 3.60. The number of amides is 1. The molecule has 0 fully saturated rings. The Hall–Kier alpha value is -3.65. The first-order chi connectivity index (χ1) is 15.1. The molecular weight excluding hydrogens is 391 g/mol. The molecule has 7 nitrogen and oxygen atoms in total. The molecule has 0 unspecified atom stereocenters. The average Bonchev–Trinajstić information content (AvgIpc) is 3.22. The van der Waals surface area contributed by atoms with Crippen molar-refractivity contribution in [2.24, 2.45) is 0 Å². The number of benzene rings is 2. The van der Waals surface area contributed by atoms with Gasteiger partial charge in [0, 0.05) is 31.0 Å². The zero-order valence-corrected chi connectivity index (χ0v) is 17.5. The van der Waals surface area contributed by atoms with Crippen LogP contribution in [0.4, 0.5) is 0 Å². The number of ether oxygens (including phenoxy) is 2. The van der Waals surface area contributed by atoms with Gasteiger partial charge in [0.25, 0.3) is 5.91 Å². The van der Waals surface area contributed by atoms with Crippen LogP contribution in [0.2, 0.25) is 0 Å². The van der Waals surface area contributed by atoms with Crippen molar-refractivity contribution in [3.63, 3.8) is 0 Å². The SMILES string of the molecule is Bc1cccc(C(=O)NCc2cc(OCCOC)cc(-c3cn4ncccc4n3)c2)c1. The van der Waals surface area contributed by atoms with E-state index in [0.29, 0.717) is 31.1 Å². The van der Waals surface area contributed by atoms with Gasteiger partial charge in [-0.15, -0.1) is 0 Å². The Morgan fingerprint density at radius 3 is 2.84 bits per heavy atom. The lowest BCUT2D eigenvalue weighted by atomic mass is 9.94. The smallest absolute Gasteiger partial charge is 0.251 e. The largest absolute Gasteiger partial charge is 0.491 e. The van der Waals surface area contributed by atoms with Crippen molar-refractivity contribution in [3.05, 3.63) is 78.1 Å². The van der Waals surface area contributed by atoms with Gasteiger partial charge in [-0.2, -0.15) is 5.10 Å². The summed E-state index contributed by atoms with van der Waals surface area (Å²) in [6.45, 7) is 1.29. The van der Waals surface area contributed by atoms with Crippen molar-refractivity contribution in [1.29, 1.82) is 0 Å². The van der Waals surface area contributed by atoms with Gasteiger partial charge >= 0.3 is 0 Å². The van der Waals surface area contributed by atoms with Crippen LogP contribution in [0.15, 0.2) is 67.0 Å². The third-order valence-corrected chi connectivity index (χ3v) is 4.79. The number of rotatable bonds is 8. The van der Waals surface area contributed by atoms with E-state index < -0.39 is 0 Å². The number of carbonyl (C=O) groups excluding carboxylic acids is 1. The van der Waals surface area contributed by atoms with Crippen LogP contribution >= 0.6 is 0 Å². The van der Waals surface area contributed by atoms with E-state index in [1.165, 1.54) is 0 Å². The second-order valence-electron chi connectivity index (χ2n) is 7.21. The number of aromatic nitrogens is 3. The lowest BCUT2D eigenvalue weighted by Gasteiger charge is -2.11. The molecule has 156 valence electrons. The summed E-state index contributed by atoms with van der Waals surface area (Å²) in [6, 6.07) is 17.1. The zero-order chi connectivity index (χ0) is 21.6. The molecule has 2 heterocycles. The minimum absolute atomic E-state index is 0.118. The molecule has 2 aromatic carbocycles. The molecule has 0 saturated carbocycles. The molecule has 0 aliphatic rings. The van der Waals surface area contributed by atoms with Gasteiger partial charge in [0.2, 0.25) is 0 Å². The van der Waals surface area contributed by atoms with E-state index >= 15 is 0 Å². The summed E-state index contributed by atoms with van der Waals surface area (Å²) in [4.78, 5) is 17.2. The summed E-state index contributed by atoms with van der Waals surface area (Å²) in [5.74, 6) is 0.576. The Morgan fingerprint density at radius 2 is 2.03 bits per heavy atom. The molecule has 4 aromatic rings. The van der Waals surface area contributed by atoms with E-state index in [4.69, 9.17) is 9.47 Å². The highest BCUT2D eigenvalue weighted by atomic mass is 16.5. The monoisotopic (exact) mass is 414 g/mol. The minimum atomic E-state index is -0.118. The molecule has 0 atom stereocenters. The molecule has 1 amide bonds. The van der Waals surface area contributed by atoms with E-state index in [9.17, 15) is 4.79 Å². The molecule has 0 aliphatic heterocycles. The molecule has 2 aromatic heterocycles. The number of nitrogens with zero attached hydrogens (tertiary/aromatic N) is 3. The fourth-order valence-electron chi connectivity index (χ4n) is 3.28.